The van der Waals surface area contributed by atoms with Gasteiger partial charge < -0.3 is 4.74 Å². The standard InChI is InChI=1S/C14H12ClFN2OS/c1-8-4-5-10(15)11(6-8)19-13-9(7-17)12(18-20-13)14(2,3)16/h4-6H,1-3H3. The zero-order chi connectivity index (χ0) is 14.9. The normalized spacial score (nSPS) is 11.2. The average Bonchev–Trinajstić information content (AvgIpc) is 2.76. The van der Waals surface area contributed by atoms with Gasteiger partial charge in [-0.25, -0.2) is 4.39 Å². The van der Waals surface area contributed by atoms with Gasteiger partial charge in [0.2, 0.25) is 5.06 Å². The highest BCUT2D eigenvalue weighted by atomic mass is 35.5. The molecule has 0 aliphatic carbocycles. The second kappa shape index (κ2) is 5.39. The first-order valence-electron chi connectivity index (χ1n) is 5.86. The number of ether oxygens (including phenoxy) is 1. The Hall–Kier alpha value is -1.64. The Balaban J connectivity index is 2.43. The van der Waals surface area contributed by atoms with Crippen LogP contribution in [0.25, 0.3) is 0 Å². The van der Waals surface area contributed by atoms with Gasteiger partial charge in [0.05, 0.1) is 5.02 Å². The Morgan fingerprint density at radius 1 is 1.45 bits per heavy atom. The molecule has 0 N–H and O–H groups in total. The molecule has 0 atom stereocenters. The summed E-state index contributed by atoms with van der Waals surface area (Å²) < 4.78 is 23.6. The average molecular weight is 311 g/mol. The van der Waals surface area contributed by atoms with Crippen molar-refractivity contribution < 1.29 is 9.13 Å². The van der Waals surface area contributed by atoms with E-state index in [9.17, 15) is 9.65 Å². The summed E-state index contributed by atoms with van der Waals surface area (Å²) in [5.74, 6) is 0.426. The van der Waals surface area contributed by atoms with Crippen LogP contribution in [0.1, 0.15) is 30.7 Å². The van der Waals surface area contributed by atoms with E-state index in [0.29, 0.717) is 10.8 Å². The minimum absolute atomic E-state index is 0.0868. The number of alkyl halides is 1. The molecule has 20 heavy (non-hydrogen) atoms. The monoisotopic (exact) mass is 310 g/mol. The fraction of sp³-hybridized carbons (Fsp3) is 0.286. The van der Waals surface area contributed by atoms with Gasteiger partial charge in [0.15, 0.2) is 0 Å². The molecule has 0 amide bonds. The number of aryl methyl sites for hydroxylation is 1. The molecule has 2 rings (SSSR count). The molecule has 2 aromatic rings. The first kappa shape index (κ1) is 14.8. The molecule has 0 aliphatic heterocycles. The van der Waals surface area contributed by atoms with Crippen LogP contribution in [0.5, 0.6) is 10.8 Å². The number of rotatable bonds is 3. The molecule has 6 heteroatoms. The van der Waals surface area contributed by atoms with E-state index in [1.54, 1.807) is 12.1 Å². The van der Waals surface area contributed by atoms with Gasteiger partial charge in [0.25, 0.3) is 0 Å². The van der Waals surface area contributed by atoms with Crippen LogP contribution in [0, 0.1) is 18.3 Å². The number of aromatic nitrogens is 1. The van der Waals surface area contributed by atoms with E-state index in [-0.39, 0.29) is 16.3 Å². The molecule has 3 nitrogen and oxygen atoms in total. The lowest BCUT2D eigenvalue weighted by molar-refractivity contribution is 0.215. The van der Waals surface area contributed by atoms with E-state index in [2.05, 4.69) is 4.37 Å². The third kappa shape index (κ3) is 2.92. The molecule has 0 aliphatic rings. The van der Waals surface area contributed by atoms with Crippen LogP contribution >= 0.6 is 23.1 Å². The molecule has 1 aromatic carbocycles. The van der Waals surface area contributed by atoms with Crippen LogP contribution in [-0.2, 0) is 5.67 Å². The van der Waals surface area contributed by atoms with E-state index < -0.39 is 5.67 Å². The Labute approximate surface area is 125 Å². The third-order valence-corrected chi connectivity index (χ3v) is 3.66. The lowest BCUT2D eigenvalue weighted by Crippen LogP contribution is -2.11. The first-order valence-corrected chi connectivity index (χ1v) is 7.01. The minimum atomic E-state index is -1.69. The summed E-state index contributed by atoms with van der Waals surface area (Å²) in [7, 11) is 0. The summed E-state index contributed by atoms with van der Waals surface area (Å²) in [6, 6.07) is 7.26. The number of hydrogen-bond donors (Lipinski definition) is 0. The molecule has 1 heterocycles. The summed E-state index contributed by atoms with van der Waals surface area (Å²) >= 11 is 6.98. The first-order chi connectivity index (χ1) is 9.32. The zero-order valence-electron chi connectivity index (χ0n) is 11.2. The number of nitrogens with zero attached hydrogens (tertiary/aromatic N) is 2. The summed E-state index contributed by atoms with van der Waals surface area (Å²) in [5, 5.41) is 9.87. The van der Waals surface area contributed by atoms with E-state index in [0.717, 1.165) is 17.1 Å². The van der Waals surface area contributed by atoms with Gasteiger partial charge in [-0.3, -0.25) is 0 Å². The highest BCUT2D eigenvalue weighted by Gasteiger charge is 2.29. The zero-order valence-corrected chi connectivity index (χ0v) is 12.8. The van der Waals surface area contributed by atoms with Crippen molar-refractivity contribution in [3.63, 3.8) is 0 Å². The summed E-state index contributed by atoms with van der Waals surface area (Å²) in [6.07, 6.45) is 0. The van der Waals surface area contributed by atoms with Crippen LogP contribution < -0.4 is 4.74 Å². The Bertz CT molecular complexity index is 685. The smallest absolute Gasteiger partial charge is 0.218 e. The predicted molar refractivity (Wildman–Crippen MR) is 77.2 cm³/mol. The molecule has 0 saturated heterocycles. The largest absolute Gasteiger partial charge is 0.442 e. The van der Waals surface area contributed by atoms with Gasteiger partial charge >= 0.3 is 0 Å². The van der Waals surface area contributed by atoms with E-state index in [1.807, 2.05) is 19.1 Å². The van der Waals surface area contributed by atoms with Crippen molar-refractivity contribution in [2.75, 3.05) is 0 Å². The highest BCUT2D eigenvalue weighted by molar-refractivity contribution is 7.08. The Morgan fingerprint density at radius 2 is 2.15 bits per heavy atom. The lowest BCUT2D eigenvalue weighted by Gasteiger charge is -2.11. The van der Waals surface area contributed by atoms with Crippen LogP contribution in [0.2, 0.25) is 5.02 Å². The van der Waals surface area contributed by atoms with Crippen molar-refractivity contribution in [1.29, 1.82) is 5.26 Å². The van der Waals surface area contributed by atoms with Gasteiger partial charge in [-0.05, 0) is 38.5 Å². The molecule has 0 unspecified atom stereocenters. The van der Waals surface area contributed by atoms with Crippen molar-refractivity contribution in [2.45, 2.75) is 26.4 Å². The molecule has 0 saturated carbocycles. The number of nitriles is 1. The molecular formula is C14H12ClFN2OS. The second-order valence-electron chi connectivity index (χ2n) is 4.81. The minimum Gasteiger partial charge on any atom is -0.442 e. The van der Waals surface area contributed by atoms with Crippen LogP contribution in [0.3, 0.4) is 0 Å². The Morgan fingerprint density at radius 3 is 2.75 bits per heavy atom. The maximum absolute atomic E-state index is 14.0. The highest BCUT2D eigenvalue weighted by Crippen LogP contribution is 2.39. The predicted octanol–water partition coefficient (Wildman–Crippen LogP) is 4.97. The fourth-order valence-corrected chi connectivity index (χ4v) is 2.64. The quantitative estimate of drug-likeness (QED) is 0.803. The van der Waals surface area contributed by atoms with Gasteiger partial charge in [-0.15, -0.1) is 0 Å². The maximum Gasteiger partial charge on any atom is 0.218 e. The Kier molecular flexibility index (Phi) is 3.98. The summed E-state index contributed by atoms with van der Waals surface area (Å²) in [5.41, 5.74) is -0.526. The van der Waals surface area contributed by atoms with E-state index in [1.165, 1.54) is 13.8 Å². The van der Waals surface area contributed by atoms with Crippen molar-refractivity contribution in [3.8, 4) is 16.9 Å². The van der Waals surface area contributed by atoms with Gasteiger partial charge in [0.1, 0.15) is 28.7 Å². The summed E-state index contributed by atoms with van der Waals surface area (Å²) in [4.78, 5) is 0. The van der Waals surface area contributed by atoms with Crippen molar-refractivity contribution in [2.24, 2.45) is 0 Å². The summed E-state index contributed by atoms with van der Waals surface area (Å²) in [6.45, 7) is 4.61. The SMILES string of the molecule is Cc1ccc(Cl)c(Oc2snc(C(C)(C)F)c2C#N)c1. The lowest BCUT2D eigenvalue weighted by atomic mass is 10.0. The molecule has 0 bridgehead atoms. The number of hydrogen-bond acceptors (Lipinski definition) is 4. The molecule has 104 valence electrons. The molecule has 0 fully saturated rings. The van der Waals surface area contributed by atoms with Gasteiger partial charge in [-0.1, -0.05) is 17.7 Å². The van der Waals surface area contributed by atoms with E-state index in [4.69, 9.17) is 16.3 Å². The number of benzene rings is 1. The topological polar surface area (TPSA) is 45.9 Å². The van der Waals surface area contributed by atoms with Gasteiger partial charge in [-0.2, -0.15) is 9.64 Å². The van der Waals surface area contributed by atoms with Crippen molar-refractivity contribution in [3.05, 3.63) is 40.0 Å². The molecule has 1 aromatic heterocycles. The maximum atomic E-state index is 14.0. The van der Waals surface area contributed by atoms with Crippen molar-refractivity contribution >= 4 is 23.1 Å². The van der Waals surface area contributed by atoms with Crippen LogP contribution in [-0.4, -0.2) is 4.37 Å². The van der Waals surface area contributed by atoms with Gasteiger partial charge in [0, 0.05) is 11.5 Å². The third-order valence-electron chi connectivity index (χ3n) is 2.63. The number of halogens is 2. The molecule has 0 radical (unpaired) electrons. The molecular weight excluding hydrogens is 299 g/mol. The van der Waals surface area contributed by atoms with E-state index >= 15 is 0 Å². The fourth-order valence-electron chi connectivity index (χ4n) is 1.64. The van der Waals surface area contributed by atoms with Crippen molar-refractivity contribution in [1.82, 2.24) is 4.37 Å². The van der Waals surface area contributed by atoms with Crippen LogP contribution in [0.15, 0.2) is 18.2 Å². The second-order valence-corrected chi connectivity index (χ2v) is 5.96. The van der Waals surface area contributed by atoms with Crippen LogP contribution in [0.4, 0.5) is 4.39 Å². The molecule has 0 spiro atoms.